The van der Waals surface area contributed by atoms with Crippen LogP contribution in [0.2, 0.25) is 0 Å². The molecule has 0 N–H and O–H groups in total. The molecule has 0 radical (unpaired) electrons. The summed E-state index contributed by atoms with van der Waals surface area (Å²) in [6.07, 6.45) is 0. The number of nitrogens with zero attached hydrogens (tertiary/aromatic N) is 8. The van der Waals surface area contributed by atoms with Gasteiger partial charge >= 0.3 is 0 Å². The largest absolute Gasteiger partial charge is 0.307 e. The zero-order valence-corrected chi connectivity index (χ0v) is 44.4. The maximum Gasteiger partial charge on any atom is 0.103 e. The molecule has 0 bridgehead atoms. The molecule has 8 nitrogen and oxygen atoms in total. The summed E-state index contributed by atoms with van der Waals surface area (Å²) < 4.78 is 8.92. The summed E-state index contributed by atoms with van der Waals surface area (Å²) in [6.45, 7) is 4.19. The van der Waals surface area contributed by atoms with Gasteiger partial charge in [0.1, 0.15) is 24.3 Å². The second-order valence-corrected chi connectivity index (χ2v) is 21.4. The maximum atomic E-state index is 11.3. The Morgan fingerprint density at radius 3 is 1.39 bits per heavy atom. The molecule has 0 amide bonds. The fraction of sp³-hybridized carbons (Fsp3) is 0.0270. The molecule has 0 fully saturated rings. The van der Waals surface area contributed by atoms with Crippen LogP contribution in [0.3, 0.4) is 0 Å². The van der Waals surface area contributed by atoms with Crippen molar-refractivity contribution < 1.29 is 0 Å². The first kappa shape index (κ1) is 46.4. The topological polar surface area (TPSA) is 115 Å². The summed E-state index contributed by atoms with van der Waals surface area (Å²) >= 11 is 0. The van der Waals surface area contributed by atoms with Crippen molar-refractivity contribution in [1.82, 2.24) is 18.3 Å². The number of aromatic nitrogens is 4. The van der Waals surface area contributed by atoms with Crippen LogP contribution in [0.15, 0.2) is 218 Å². The predicted octanol–water partition coefficient (Wildman–Crippen LogP) is 18.2. The van der Waals surface area contributed by atoms with Gasteiger partial charge in [0, 0.05) is 48.5 Å². The monoisotopic (exact) mass is 1040 g/mol. The molecule has 8 heteroatoms. The van der Waals surface area contributed by atoms with Gasteiger partial charge in [-0.3, -0.25) is 0 Å². The van der Waals surface area contributed by atoms with Gasteiger partial charge in [-0.15, -0.1) is 0 Å². The third-order valence-electron chi connectivity index (χ3n) is 17.0. The number of rotatable bonds is 5. The van der Waals surface area contributed by atoms with Crippen LogP contribution in [0.4, 0.5) is 0 Å². The molecular weight excluding hydrogens is 1000 g/mol. The normalized spacial score (nSPS) is 11.7. The van der Waals surface area contributed by atoms with Crippen molar-refractivity contribution in [1.29, 1.82) is 21.0 Å². The van der Waals surface area contributed by atoms with Crippen LogP contribution in [-0.2, 0) is 0 Å². The summed E-state index contributed by atoms with van der Waals surface area (Å²) in [7, 11) is 0. The van der Waals surface area contributed by atoms with Gasteiger partial charge in [0.15, 0.2) is 0 Å². The van der Waals surface area contributed by atoms with Gasteiger partial charge in [-0.1, -0.05) is 145 Å². The van der Waals surface area contributed by atoms with Crippen molar-refractivity contribution in [2.75, 3.05) is 0 Å². The number of benzene rings is 12. The van der Waals surface area contributed by atoms with Gasteiger partial charge in [0.05, 0.1) is 89.1 Å². The average molecular weight is 1040 g/mol. The van der Waals surface area contributed by atoms with Gasteiger partial charge in [0.25, 0.3) is 0 Å². The van der Waals surface area contributed by atoms with Crippen LogP contribution in [0.5, 0.6) is 0 Å². The van der Waals surface area contributed by atoms with Crippen LogP contribution < -0.4 is 0 Å². The van der Waals surface area contributed by atoms with Crippen molar-refractivity contribution in [3.63, 3.8) is 0 Å². The number of aryl methyl sites for hydroxylation is 2. The lowest BCUT2D eigenvalue weighted by Crippen LogP contribution is -2.07. The van der Waals surface area contributed by atoms with E-state index in [4.69, 9.17) is 0 Å². The van der Waals surface area contributed by atoms with E-state index >= 15 is 0 Å². The van der Waals surface area contributed by atoms with E-state index < -0.39 is 0 Å². The van der Waals surface area contributed by atoms with E-state index in [2.05, 4.69) is 244 Å². The van der Waals surface area contributed by atoms with Gasteiger partial charge in [-0.2, -0.15) is 21.0 Å². The third kappa shape index (κ3) is 6.38. The van der Waals surface area contributed by atoms with E-state index in [-0.39, 0.29) is 0 Å². The van der Waals surface area contributed by atoms with Crippen molar-refractivity contribution in [3.05, 3.63) is 252 Å². The number of fused-ring (bicyclic) bond motifs is 16. The summed E-state index contributed by atoms with van der Waals surface area (Å²) in [6, 6.07) is 85.7. The Kier molecular flexibility index (Phi) is 9.86. The fourth-order valence-electron chi connectivity index (χ4n) is 13.5. The van der Waals surface area contributed by atoms with E-state index in [9.17, 15) is 21.0 Å². The van der Waals surface area contributed by atoms with E-state index in [1.54, 1.807) is 12.1 Å². The van der Waals surface area contributed by atoms with Crippen molar-refractivity contribution >= 4 is 109 Å². The molecule has 4 aromatic heterocycles. The molecule has 0 atom stereocenters. The molecule has 378 valence electrons. The summed E-state index contributed by atoms with van der Waals surface area (Å²) in [4.78, 5) is 0. The Labute approximate surface area is 469 Å². The number of hydrogen-bond acceptors (Lipinski definition) is 4. The Morgan fingerprint density at radius 1 is 0.293 bits per heavy atom. The number of hydrogen-bond donors (Lipinski definition) is 0. The number of nitriles is 4. The molecular formula is C74H42N8. The highest BCUT2D eigenvalue weighted by Crippen LogP contribution is 2.46. The second-order valence-electron chi connectivity index (χ2n) is 21.4. The molecule has 16 rings (SSSR count). The molecule has 0 aliphatic carbocycles. The highest BCUT2D eigenvalue weighted by molar-refractivity contribution is 6.23. The molecule has 0 aliphatic rings. The highest BCUT2D eigenvalue weighted by atomic mass is 15.1. The Bertz CT molecular complexity index is 5670. The fourth-order valence-corrected chi connectivity index (χ4v) is 13.5. The number of para-hydroxylation sites is 3. The maximum absolute atomic E-state index is 11.3. The average Bonchev–Trinajstić information content (AvgIpc) is 4.42. The lowest BCUT2D eigenvalue weighted by molar-refractivity contribution is 1.08. The van der Waals surface area contributed by atoms with Gasteiger partial charge < -0.3 is 18.3 Å². The van der Waals surface area contributed by atoms with Gasteiger partial charge in [0.2, 0.25) is 0 Å². The van der Waals surface area contributed by atoms with Crippen molar-refractivity contribution in [2.45, 2.75) is 13.8 Å². The van der Waals surface area contributed by atoms with E-state index in [0.717, 1.165) is 142 Å². The van der Waals surface area contributed by atoms with Gasteiger partial charge in [-0.05, 0) is 126 Å². The van der Waals surface area contributed by atoms with E-state index in [1.165, 1.54) is 0 Å². The predicted molar refractivity (Wildman–Crippen MR) is 333 cm³/mol. The summed E-state index contributed by atoms with van der Waals surface area (Å²) in [5.74, 6) is 0. The second kappa shape index (κ2) is 17.4. The van der Waals surface area contributed by atoms with Crippen LogP contribution in [0, 0.1) is 59.2 Å². The minimum Gasteiger partial charge on any atom is -0.307 e. The van der Waals surface area contributed by atoms with Crippen LogP contribution in [0.25, 0.3) is 143 Å². The van der Waals surface area contributed by atoms with E-state index in [0.29, 0.717) is 33.6 Å². The zero-order chi connectivity index (χ0) is 55.1. The third-order valence-corrected chi connectivity index (χ3v) is 17.0. The SMILES string of the molecule is Cc1ccc2c(c1)c1cc(C)ccc1n2-c1c(-n2c3ccccc3c3c4cc(-c5ccc6c7ccccc7n(-c7c(-n8c9ccccc9c9ccc%10ccccc%10c98)ccc(C#N)c7C#N)c6c5)ccc4ccc32)ccc(C#N)c1C#N. The molecule has 82 heavy (non-hydrogen) atoms. The molecule has 4 heterocycles. The molecule has 12 aromatic carbocycles. The Morgan fingerprint density at radius 2 is 0.744 bits per heavy atom. The lowest BCUT2D eigenvalue weighted by Gasteiger charge is -2.19. The first-order valence-electron chi connectivity index (χ1n) is 27.2. The summed E-state index contributed by atoms with van der Waals surface area (Å²) in [5.41, 5.74) is 15.9. The Hall–Kier alpha value is -11.7. The van der Waals surface area contributed by atoms with Crippen LogP contribution in [-0.4, -0.2) is 18.3 Å². The van der Waals surface area contributed by atoms with E-state index in [1.807, 2.05) is 18.2 Å². The zero-order valence-electron chi connectivity index (χ0n) is 44.4. The molecule has 0 saturated heterocycles. The molecule has 0 spiro atoms. The van der Waals surface area contributed by atoms with Crippen LogP contribution >= 0.6 is 0 Å². The minimum atomic E-state index is 0.291. The highest BCUT2D eigenvalue weighted by Gasteiger charge is 2.28. The Balaban J connectivity index is 0.954. The van der Waals surface area contributed by atoms with Crippen molar-refractivity contribution in [3.8, 4) is 58.2 Å². The summed E-state index contributed by atoms with van der Waals surface area (Å²) in [5, 5.41) is 56.6. The smallest absolute Gasteiger partial charge is 0.103 e. The molecule has 0 saturated carbocycles. The quantitative estimate of drug-likeness (QED) is 0.171. The van der Waals surface area contributed by atoms with Crippen molar-refractivity contribution in [2.24, 2.45) is 0 Å². The molecule has 0 aliphatic heterocycles. The first-order valence-corrected chi connectivity index (χ1v) is 27.2. The molecule has 16 aromatic rings. The lowest BCUT2D eigenvalue weighted by atomic mass is 9.97. The van der Waals surface area contributed by atoms with Gasteiger partial charge in [-0.25, -0.2) is 0 Å². The first-order chi connectivity index (χ1) is 40.3. The molecule has 0 unspecified atom stereocenters. The minimum absolute atomic E-state index is 0.291. The standard InChI is InChI=1S/C74H42N8/c1-43-19-30-65-58(35-43)59-36-44(2)20-31-66(59)80(65)73-60(41-77)49(39-75)26-33-68(73)79-64-18-10-7-15-56(64)71-57-37-47(22-21-46(57)25-32-67(71)79)48-24-28-54-52-13-5-8-16-62(52)82(70(54)38-48)74-61(42-78)50(40-76)27-34-69(74)81-63-17-9-6-14-53(63)55-29-23-45-11-3-4-12-51(45)72(55)81/h3-38H,1-2H3. The van der Waals surface area contributed by atoms with Crippen LogP contribution in [0.1, 0.15) is 33.4 Å².